The Morgan fingerprint density at radius 2 is 1.45 bits per heavy atom. The van der Waals surface area contributed by atoms with Crippen molar-refractivity contribution in [2.45, 2.75) is 79.1 Å². The van der Waals surface area contributed by atoms with E-state index in [1.54, 1.807) is 18.2 Å². The predicted molar refractivity (Wildman–Crippen MR) is 159 cm³/mol. The van der Waals surface area contributed by atoms with Crippen LogP contribution in [0.3, 0.4) is 0 Å². The largest absolute Gasteiger partial charge is 0.507 e. The van der Waals surface area contributed by atoms with Gasteiger partial charge in [-0.2, -0.15) is 0 Å². The van der Waals surface area contributed by atoms with Gasteiger partial charge in [-0.1, -0.05) is 45.0 Å². The van der Waals surface area contributed by atoms with E-state index in [0.717, 1.165) is 11.1 Å². The van der Waals surface area contributed by atoms with Gasteiger partial charge < -0.3 is 14.6 Å². The average Bonchev–Trinajstić information content (AvgIpc) is 3.14. The first-order chi connectivity index (χ1) is 18.8. The molecule has 0 saturated carbocycles. The van der Waals surface area contributed by atoms with E-state index in [1.165, 1.54) is 4.90 Å². The van der Waals surface area contributed by atoms with Gasteiger partial charge >= 0.3 is 0 Å². The fourth-order valence-electron chi connectivity index (χ4n) is 4.88. The minimum atomic E-state index is -0.819. The van der Waals surface area contributed by atoms with Crippen LogP contribution in [0.5, 0.6) is 11.5 Å². The molecule has 0 bridgehead atoms. The molecule has 1 saturated heterocycles. The molecular weight excluding hydrogens is 502 g/mol. The first kappa shape index (κ1) is 28.9. The van der Waals surface area contributed by atoms with Gasteiger partial charge in [0.25, 0.3) is 11.7 Å². The maximum atomic E-state index is 13.6. The molecular formula is C34H39NO5. The third-order valence-corrected chi connectivity index (χ3v) is 6.83. The summed E-state index contributed by atoms with van der Waals surface area (Å²) in [6.07, 6.45) is -0.000469. The first-order valence-corrected chi connectivity index (χ1v) is 13.7. The van der Waals surface area contributed by atoms with Crippen LogP contribution in [-0.2, 0) is 15.0 Å². The van der Waals surface area contributed by atoms with Crippen molar-refractivity contribution in [1.29, 1.82) is 0 Å². The standard InChI is InChI=1S/C34H39NO5/c1-20(2)39-27-16-9-23(10-17-27)30-29(31(36)24-11-18-28(22(5)19-24)40-21(3)4)32(37)33(38)35(30)26-14-12-25(13-15-26)34(6,7)8/h9-21,30,36H,1-8H3/b31-29-. The topological polar surface area (TPSA) is 76.1 Å². The zero-order chi connectivity index (χ0) is 29.4. The summed E-state index contributed by atoms with van der Waals surface area (Å²) < 4.78 is 11.6. The normalized spacial score (nSPS) is 17.1. The highest BCUT2D eigenvalue weighted by atomic mass is 16.5. The van der Waals surface area contributed by atoms with Crippen molar-refractivity contribution in [1.82, 2.24) is 0 Å². The molecule has 1 N–H and O–H groups in total. The molecule has 1 heterocycles. The number of hydrogen-bond acceptors (Lipinski definition) is 5. The summed E-state index contributed by atoms with van der Waals surface area (Å²) in [4.78, 5) is 28.6. The number of benzene rings is 3. The number of Topliss-reactive ketones (excluding diaryl/α,β-unsaturated/α-hetero) is 1. The molecule has 1 unspecified atom stereocenters. The number of ketones is 1. The second kappa shape index (κ2) is 11.2. The number of aryl methyl sites for hydroxylation is 1. The zero-order valence-electron chi connectivity index (χ0n) is 24.6. The average molecular weight is 542 g/mol. The Labute approximate surface area is 237 Å². The number of aliphatic hydroxyl groups is 1. The fraction of sp³-hybridized carbons (Fsp3) is 0.353. The summed E-state index contributed by atoms with van der Waals surface area (Å²) >= 11 is 0. The molecule has 1 amide bonds. The van der Waals surface area contributed by atoms with Gasteiger partial charge in [0.15, 0.2) is 0 Å². The molecule has 1 aliphatic rings. The van der Waals surface area contributed by atoms with Crippen molar-refractivity contribution >= 4 is 23.1 Å². The van der Waals surface area contributed by atoms with Crippen LogP contribution in [0.15, 0.2) is 72.3 Å². The lowest BCUT2D eigenvalue weighted by Crippen LogP contribution is -2.29. The molecule has 1 fully saturated rings. The number of rotatable bonds is 7. The molecule has 1 atom stereocenters. The Bertz CT molecular complexity index is 1430. The SMILES string of the molecule is Cc1cc(/C(O)=C2/C(=O)C(=O)N(c3ccc(C(C)(C)C)cc3)C2c2ccc(OC(C)C)cc2)ccc1OC(C)C. The summed E-state index contributed by atoms with van der Waals surface area (Å²) in [5.41, 5.74) is 3.61. The summed E-state index contributed by atoms with van der Waals surface area (Å²) in [5.74, 6) is -0.261. The van der Waals surface area contributed by atoms with Gasteiger partial charge in [-0.3, -0.25) is 14.5 Å². The van der Waals surface area contributed by atoms with Crippen LogP contribution in [0.2, 0.25) is 0 Å². The molecule has 0 spiro atoms. The maximum absolute atomic E-state index is 13.6. The van der Waals surface area contributed by atoms with E-state index in [9.17, 15) is 14.7 Å². The van der Waals surface area contributed by atoms with Gasteiger partial charge in [0, 0.05) is 11.3 Å². The van der Waals surface area contributed by atoms with Crippen molar-refractivity contribution < 1.29 is 24.2 Å². The third kappa shape index (κ3) is 5.91. The molecule has 40 heavy (non-hydrogen) atoms. The fourth-order valence-corrected chi connectivity index (χ4v) is 4.88. The highest BCUT2D eigenvalue weighted by Crippen LogP contribution is 2.43. The number of amides is 1. The molecule has 3 aromatic rings. The van der Waals surface area contributed by atoms with Gasteiger partial charge in [-0.25, -0.2) is 0 Å². The number of hydrogen-bond donors (Lipinski definition) is 1. The number of carbonyl (C=O) groups excluding carboxylic acids is 2. The van der Waals surface area contributed by atoms with E-state index in [4.69, 9.17) is 9.47 Å². The Kier molecular flexibility index (Phi) is 8.10. The van der Waals surface area contributed by atoms with Crippen molar-refractivity contribution in [3.05, 3.63) is 94.6 Å². The quantitative estimate of drug-likeness (QED) is 0.190. The van der Waals surface area contributed by atoms with Crippen LogP contribution in [0.25, 0.3) is 5.76 Å². The van der Waals surface area contributed by atoms with E-state index in [1.807, 2.05) is 83.1 Å². The van der Waals surface area contributed by atoms with Gasteiger partial charge in [0.05, 0.1) is 23.8 Å². The summed E-state index contributed by atoms with van der Waals surface area (Å²) in [5, 5.41) is 11.5. The van der Waals surface area contributed by atoms with E-state index >= 15 is 0 Å². The van der Waals surface area contributed by atoms with Crippen LogP contribution < -0.4 is 14.4 Å². The number of ether oxygens (including phenoxy) is 2. The highest BCUT2D eigenvalue weighted by Gasteiger charge is 2.47. The molecule has 0 radical (unpaired) electrons. The number of anilines is 1. The Morgan fingerprint density at radius 1 is 0.850 bits per heavy atom. The first-order valence-electron chi connectivity index (χ1n) is 13.7. The molecule has 0 aromatic heterocycles. The smallest absolute Gasteiger partial charge is 0.300 e. The lowest BCUT2D eigenvalue weighted by Gasteiger charge is -2.27. The minimum absolute atomic E-state index is 0.00343. The van der Waals surface area contributed by atoms with E-state index in [-0.39, 0.29) is 29.0 Å². The Balaban J connectivity index is 1.86. The molecule has 0 aliphatic carbocycles. The van der Waals surface area contributed by atoms with Gasteiger partial charge in [0.2, 0.25) is 0 Å². The Morgan fingerprint density at radius 3 is 1.98 bits per heavy atom. The molecule has 210 valence electrons. The van der Waals surface area contributed by atoms with Crippen LogP contribution in [0, 0.1) is 6.92 Å². The second-order valence-electron chi connectivity index (χ2n) is 11.8. The predicted octanol–water partition coefficient (Wildman–Crippen LogP) is 7.49. The molecule has 3 aromatic carbocycles. The lowest BCUT2D eigenvalue weighted by molar-refractivity contribution is -0.132. The lowest BCUT2D eigenvalue weighted by atomic mass is 9.87. The molecule has 6 heteroatoms. The van der Waals surface area contributed by atoms with E-state index in [2.05, 4.69) is 20.8 Å². The van der Waals surface area contributed by atoms with E-state index in [0.29, 0.717) is 28.3 Å². The highest BCUT2D eigenvalue weighted by molar-refractivity contribution is 6.51. The third-order valence-electron chi connectivity index (χ3n) is 6.83. The van der Waals surface area contributed by atoms with Crippen molar-refractivity contribution in [2.75, 3.05) is 4.90 Å². The summed E-state index contributed by atoms with van der Waals surface area (Å²) in [6.45, 7) is 16.0. The number of aliphatic hydroxyl groups excluding tert-OH is 1. The zero-order valence-corrected chi connectivity index (χ0v) is 24.6. The number of nitrogens with zero attached hydrogens (tertiary/aromatic N) is 1. The van der Waals surface area contributed by atoms with Crippen LogP contribution in [-0.4, -0.2) is 29.0 Å². The van der Waals surface area contributed by atoms with Crippen molar-refractivity contribution in [3.63, 3.8) is 0 Å². The van der Waals surface area contributed by atoms with Gasteiger partial charge in [-0.05, 0) is 99.2 Å². The van der Waals surface area contributed by atoms with Crippen LogP contribution >= 0.6 is 0 Å². The summed E-state index contributed by atoms with van der Waals surface area (Å²) in [7, 11) is 0. The minimum Gasteiger partial charge on any atom is -0.507 e. The maximum Gasteiger partial charge on any atom is 0.300 e. The second-order valence-corrected chi connectivity index (χ2v) is 11.8. The molecule has 1 aliphatic heterocycles. The van der Waals surface area contributed by atoms with Gasteiger partial charge in [0.1, 0.15) is 17.3 Å². The Hall–Kier alpha value is -4.06. The van der Waals surface area contributed by atoms with Crippen molar-refractivity contribution in [3.8, 4) is 11.5 Å². The van der Waals surface area contributed by atoms with Crippen LogP contribution in [0.4, 0.5) is 5.69 Å². The monoisotopic (exact) mass is 541 g/mol. The number of carbonyl (C=O) groups is 2. The van der Waals surface area contributed by atoms with Gasteiger partial charge in [-0.15, -0.1) is 0 Å². The van der Waals surface area contributed by atoms with E-state index < -0.39 is 17.7 Å². The molecule has 6 nitrogen and oxygen atoms in total. The van der Waals surface area contributed by atoms with Crippen LogP contribution in [0.1, 0.15) is 76.8 Å². The summed E-state index contributed by atoms with van der Waals surface area (Å²) in [6, 6.07) is 19.4. The van der Waals surface area contributed by atoms with Crippen molar-refractivity contribution in [2.24, 2.45) is 0 Å². The molecule has 4 rings (SSSR count).